The minimum absolute atomic E-state index is 0.281. The van der Waals surface area contributed by atoms with Crippen molar-refractivity contribution in [2.75, 3.05) is 13.1 Å². The zero-order chi connectivity index (χ0) is 14.5. The minimum atomic E-state index is 0.281. The van der Waals surface area contributed by atoms with Crippen molar-refractivity contribution in [3.8, 4) is 0 Å². The van der Waals surface area contributed by atoms with Gasteiger partial charge in [0.1, 0.15) is 11.5 Å². The van der Waals surface area contributed by atoms with Crippen LogP contribution in [-0.2, 0) is 11.3 Å². The van der Waals surface area contributed by atoms with E-state index in [4.69, 9.17) is 4.42 Å². The Labute approximate surface area is 121 Å². The molecule has 1 aromatic rings. The van der Waals surface area contributed by atoms with Crippen LogP contribution in [0.15, 0.2) is 16.5 Å². The van der Waals surface area contributed by atoms with E-state index in [0.29, 0.717) is 18.4 Å². The first-order valence-corrected chi connectivity index (χ1v) is 7.70. The summed E-state index contributed by atoms with van der Waals surface area (Å²) in [6.07, 6.45) is 2.74. The number of amides is 1. The third-order valence-corrected chi connectivity index (χ3v) is 4.25. The lowest BCUT2D eigenvalue weighted by Gasteiger charge is -2.38. The van der Waals surface area contributed by atoms with Crippen LogP contribution in [0.2, 0.25) is 0 Å². The third-order valence-electron chi connectivity index (χ3n) is 4.25. The zero-order valence-electron chi connectivity index (χ0n) is 12.8. The summed E-state index contributed by atoms with van der Waals surface area (Å²) in [5.41, 5.74) is 0. The molecule has 4 heteroatoms. The lowest BCUT2D eigenvalue weighted by molar-refractivity contribution is -0.133. The summed E-state index contributed by atoms with van der Waals surface area (Å²) in [5, 5.41) is 3.60. The van der Waals surface area contributed by atoms with Crippen LogP contribution >= 0.6 is 0 Å². The van der Waals surface area contributed by atoms with Crippen molar-refractivity contribution in [2.24, 2.45) is 5.92 Å². The van der Waals surface area contributed by atoms with Crippen LogP contribution < -0.4 is 5.32 Å². The topological polar surface area (TPSA) is 45.5 Å². The first-order valence-electron chi connectivity index (χ1n) is 7.70. The number of rotatable bonds is 5. The van der Waals surface area contributed by atoms with E-state index in [1.807, 2.05) is 30.9 Å². The SMILES string of the molecule is CCC(=O)N1CC[C@H](NCc2ccc(C)o2)[C@@H](CC)C1. The summed E-state index contributed by atoms with van der Waals surface area (Å²) in [6.45, 7) is 8.64. The first-order chi connectivity index (χ1) is 9.63. The highest BCUT2D eigenvalue weighted by Gasteiger charge is 2.29. The number of furan rings is 1. The smallest absolute Gasteiger partial charge is 0.222 e. The van der Waals surface area contributed by atoms with Gasteiger partial charge in [0, 0.05) is 25.6 Å². The van der Waals surface area contributed by atoms with Crippen molar-refractivity contribution in [1.82, 2.24) is 10.2 Å². The average molecular weight is 278 g/mol. The second kappa shape index (κ2) is 6.93. The Morgan fingerprint density at radius 3 is 2.85 bits per heavy atom. The third kappa shape index (κ3) is 3.63. The Morgan fingerprint density at radius 2 is 2.25 bits per heavy atom. The van der Waals surface area contributed by atoms with E-state index in [1.165, 1.54) is 0 Å². The van der Waals surface area contributed by atoms with Gasteiger partial charge in [-0.1, -0.05) is 20.3 Å². The van der Waals surface area contributed by atoms with E-state index in [2.05, 4.69) is 12.2 Å². The Morgan fingerprint density at radius 1 is 1.45 bits per heavy atom. The van der Waals surface area contributed by atoms with Gasteiger partial charge in [0.25, 0.3) is 0 Å². The van der Waals surface area contributed by atoms with Crippen molar-refractivity contribution >= 4 is 5.91 Å². The number of aryl methyl sites for hydroxylation is 1. The van der Waals surface area contributed by atoms with Gasteiger partial charge in [-0.05, 0) is 31.4 Å². The average Bonchev–Trinajstić information content (AvgIpc) is 2.89. The maximum atomic E-state index is 11.8. The molecule has 0 spiro atoms. The zero-order valence-corrected chi connectivity index (χ0v) is 12.8. The molecular weight excluding hydrogens is 252 g/mol. The van der Waals surface area contributed by atoms with Gasteiger partial charge < -0.3 is 14.6 Å². The van der Waals surface area contributed by atoms with Crippen molar-refractivity contribution in [1.29, 1.82) is 0 Å². The van der Waals surface area contributed by atoms with Gasteiger partial charge in [-0.15, -0.1) is 0 Å². The van der Waals surface area contributed by atoms with E-state index >= 15 is 0 Å². The molecule has 1 aliphatic rings. The molecule has 1 saturated heterocycles. The molecule has 20 heavy (non-hydrogen) atoms. The van der Waals surface area contributed by atoms with Gasteiger partial charge in [-0.2, -0.15) is 0 Å². The van der Waals surface area contributed by atoms with Crippen molar-refractivity contribution in [3.63, 3.8) is 0 Å². The molecule has 4 nitrogen and oxygen atoms in total. The van der Waals surface area contributed by atoms with Crippen LogP contribution in [0.25, 0.3) is 0 Å². The normalized spacial score (nSPS) is 23.1. The van der Waals surface area contributed by atoms with E-state index < -0.39 is 0 Å². The fourth-order valence-electron chi connectivity index (χ4n) is 2.98. The van der Waals surface area contributed by atoms with Gasteiger partial charge in [-0.3, -0.25) is 4.79 Å². The highest BCUT2D eigenvalue weighted by Crippen LogP contribution is 2.21. The molecule has 1 amide bonds. The van der Waals surface area contributed by atoms with Crippen molar-refractivity contribution in [2.45, 2.75) is 52.6 Å². The van der Waals surface area contributed by atoms with Gasteiger partial charge in [0.15, 0.2) is 0 Å². The highest BCUT2D eigenvalue weighted by molar-refractivity contribution is 5.75. The molecule has 0 bridgehead atoms. The Kier molecular flexibility index (Phi) is 5.24. The molecule has 1 aliphatic heterocycles. The summed E-state index contributed by atoms with van der Waals surface area (Å²) in [6, 6.07) is 4.50. The molecule has 0 unspecified atom stereocenters. The maximum Gasteiger partial charge on any atom is 0.222 e. The van der Waals surface area contributed by atoms with E-state index in [1.54, 1.807) is 0 Å². The van der Waals surface area contributed by atoms with Crippen LogP contribution in [-0.4, -0.2) is 29.9 Å². The van der Waals surface area contributed by atoms with E-state index in [0.717, 1.165) is 44.0 Å². The van der Waals surface area contributed by atoms with Gasteiger partial charge in [-0.25, -0.2) is 0 Å². The van der Waals surface area contributed by atoms with Crippen LogP contribution in [0, 0.1) is 12.8 Å². The molecule has 0 aliphatic carbocycles. The summed E-state index contributed by atoms with van der Waals surface area (Å²) >= 11 is 0. The molecule has 1 aromatic heterocycles. The Bertz CT molecular complexity index is 441. The van der Waals surface area contributed by atoms with Crippen molar-refractivity contribution < 1.29 is 9.21 Å². The van der Waals surface area contributed by atoms with Crippen LogP contribution in [0.3, 0.4) is 0 Å². The number of nitrogens with zero attached hydrogens (tertiary/aromatic N) is 1. The lowest BCUT2D eigenvalue weighted by atomic mass is 9.89. The summed E-state index contributed by atoms with van der Waals surface area (Å²) < 4.78 is 5.59. The summed E-state index contributed by atoms with van der Waals surface area (Å²) in [4.78, 5) is 13.8. The molecule has 2 rings (SSSR count). The second-order valence-corrected chi connectivity index (χ2v) is 5.65. The molecule has 0 saturated carbocycles. The quantitative estimate of drug-likeness (QED) is 0.900. The summed E-state index contributed by atoms with van der Waals surface area (Å²) in [7, 11) is 0. The Balaban J connectivity index is 1.87. The van der Waals surface area contributed by atoms with Crippen LogP contribution in [0.5, 0.6) is 0 Å². The van der Waals surface area contributed by atoms with Gasteiger partial charge >= 0.3 is 0 Å². The van der Waals surface area contributed by atoms with Crippen LogP contribution in [0.1, 0.15) is 44.6 Å². The fourth-order valence-corrected chi connectivity index (χ4v) is 2.98. The number of likely N-dealkylation sites (tertiary alicyclic amines) is 1. The van der Waals surface area contributed by atoms with E-state index in [9.17, 15) is 4.79 Å². The number of carbonyl (C=O) groups excluding carboxylic acids is 1. The molecule has 1 fully saturated rings. The molecule has 0 aromatic carbocycles. The molecular formula is C16H26N2O2. The number of piperidine rings is 1. The number of nitrogens with one attached hydrogen (secondary N) is 1. The highest BCUT2D eigenvalue weighted by atomic mass is 16.3. The number of hydrogen-bond donors (Lipinski definition) is 1. The monoisotopic (exact) mass is 278 g/mol. The minimum Gasteiger partial charge on any atom is -0.465 e. The summed E-state index contributed by atoms with van der Waals surface area (Å²) in [5.74, 6) is 2.76. The van der Waals surface area contributed by atoms with Crippen LogP contribution in [0.4, 0.5) is 0 Å². The molecule has 0 radical (unpaired) electrons. The predicted octanol–water partition coefficient (Wildman–Crippen LogP) is 2.71. The second-order valence-electron chi connectivity index (χ2n) is 5.65. The maximum absolute atomic E-state index is 11.8. The number of hydrogen-bond acceptors (Lipinski definition) is 3. The molecule has 112 valence electrons. The molecule has 2 atom stereocenters. The lowest BCUT2D eigenvalue weighted by Crippen LogP contribution is -2.50. The van der Waals surface area contributed by atoms with Gasteiger partial charge in [0.05, 0.1) is 6.54 Å². The van der Waals surface area contributed by atoms with Crippen molar-refractivity contribution in [3.05, 3.63) is 23.7 Å². The molecule has 1 N–H and O–H groups in total. The molecule has 2 heterocycles. The standard InChI is InChI=1S/C16H26N2O2/c1-4-13-11-18(16(19)5-2)9-8-15(13)17-10-14-7-6-12(3)20-14/h6-7,13,15,17H,4-5,8-11H2,1-3H3/t13-,15-/m0/s1. The Hall–Kier alpha value is -1.29. The fraction of sp³-hybridized carbons (Fsp3) is 0.688. The predicted molar refractivity (Wildman–Crippen MR) is 79.3 cm³/mol. The number of carbonyl (C=O) groups is 1. The largest absolute Gasteiger partial charge is 0.465 e. The van der Waals surface area contributed by atoms with E-state index in [-0.39, 0.29) is 5.91 Å². The van der Waals surface area contributed by atoms with Gasteiger partial charge in [0.2, 0.25) is 5.91 Å². The first kappa shape index (κ1) is 15.1.